The minimum absolute atomic E-state index is 0.0534. The molecule has 1 fully saturated rings. The molecule has 3 aromatic carbocycles. The van der Waals surface area contributed by atoms with Gasteiger partial charge in [-0.1, -0.05) is 85.0 Å². The summed E-state index contributed by atoms with van der Waals surface area (Å²) in [6.07, 6.45) is 5.13. The third kappa shape index (κ3) is 7.68. The van der Waals surface area contributed by atoms with Crippen molar-refractivity contribution < 1.29 is 18.0 Å². The predicted molar refractivity (Wildman–Crippen MR) is 163 cm³/mol. The summed E-state index contributed by atoms with van der Waals surface area (Å²) in [7, 11) is -4.13. The monoisotopic (exact) mass is 595 g/mol. The molecule has 4 rings (SSSR count). The summed E-state index contributed by atoms with van der Waals surface area (Å²) < 4.78 is 28.8. The molecule has 0 saturated heterocycles. The van der Waals surface area contributed by atoms with E-state index in [4.69, 9.17) is 11.6 Å². The fraction of sp³-hybridized carbons (Fsp3) is 0.375. The van der Waals surface area contributed by atoms with Gasteiger partial charge in [0.05, 0.1) is 10.6 Å². The van der Waals surface area contributed by atoms with Crippen molar-refractivity contribution in [3.8, 4) is 0 Å². The summed E-state index contributed by atoms with van der Waals surface area (Å²) in [5.41, 5.74) is 2.98. The smallest absolute Gasteiger partial charge is 0.264 e. The second kappa shape index (κ2) is 13.5. The quantitative estimate of drug-likeness (QED) is 0.311. The molecule has 41 heavy (non-hydrogen) atoms. The lowest BCUT2D eigenvalue weighted by Crippen LogP contribution is -2.53. The van der Waals surface area contributed by atoms with E-state index in [0.717, 1.165) is 53.1 Å². The number of aryl methyl sites for hydroxylation is 2. The average molecular weight is 596 g/mol. The summed E-state index contributed by atoms with van der Waals surface area (Å²) in [4.78, 5) is 29.0. The predicted octanol–water partition coefficient (Wildman–Crippen LogP) is 6.02. The summed E-state index contributed by atoms with van der Waals surface area (Å²) in [5.74, 6) is -0.735. The highest BCUT2D eigenvalue weighted by Gasteiger charge is 2.33. The molecular formula is C32H38ClN3O4S. The Labute approximate surface area is 248 Å². The van der Waals surface area contributed by atoms with Gasteiger partial charge in [0.2, 0.25) is 11.8 Å². The van der Waals surface area contributed by atoms with Crippen LogP contribution in [0.1, 0.15) is 55.7 Å². The number of sulfonamides is 1. The van der Waals surface area contributed by atoms with E-state index in [1.807, 2.05) is 38.1 Å². The number of nitrogens with zero attached hydrogens (tertiary/aromatic N) is 2. The van der Waals surface area contributed by atoms with Crippen LogP contribution in [0.4, 0.5) is 5.69 Å². The van der Waals surface area contributed by atoms with Crippen LogP contribution in [0.15, 0.2) is 77.7 Å². The topological polar surface area (TPSA) is 86.8 Å². The number of amides is 2. The van der Waals surface area contributed by atoms with Gasteiger partial charge in [0.15, 0.2) is 0 Å². The number of nitrogens with one attached hydrogen (secondary N) is 1. The van der Waals surface area contributed by atoms with E-state index in [2.05, 4.69) is 5.32 Å². The highest BCUT2D eigenvalue weighted by atomic mass is 35.5. The SMILES string of the molecule is Cc1ccc(CN(C(=O)CN(c2ccc(C)c(Cl)c2)S(=O)(=O)c2ccccc2)[C@H](C)C(=O)NC2CCCCC2)cc1. The third-order valence-electron chi connectivity index (χ3n) is 7.65. The van der Waals surface area contributed by atoms with Gasteiger partial charge in [-0.25, -0.2) is 8.42 Å². The van der Waals surface area contributed by atoms with E-state index in [-0.39, 0.29) is 29.1 Å². The van der Waals surface area contributed by atoms with Crippen LogP contribution >= 0.6 is 11.6 Å². The van der Waals surface area contributed by atoms with E-state index in [1.165, 1.54) is 17.0 Å². The van der Waals surface area contributed by atoms with E-state index < -0.39 is 28.5 Å². The number of hydrogen-bond acceptors (Lipinski definition) is 4. The number of benzene rings is 3. The minimum Gasteiger partial charge on any atom is -0.352 e. The molecule has 0 heterocycles. The molecule has 0 aliphatic heterocycles. The van der Waals surface area contributed by atoms with Crippen molar-refractivity contribution in [1.29, 1.82) is 0 Å². The molecule has 218 valence electrons. The number of hydrogen-bond donors (Lipinski definition) is 1. The van der Waals surface area contributed by atoms with Crippen molar-refractivity contribution in [3.05, 3.63) is 94.5 Å². The molecule has 0 bridgehead atoms. The Balaban J connectivity index is 1.68. The van der Waals surface area contributed by atoms with Crippen molar-refractivity contribution in [3.63, 3.8) is 0 Å². The Morgan fingerprint density at radius 1 is 0.951 bits per heavy atom. The van der Waals surface area contributed by atoms with Gasteiger partial charge in [-0.3, -0.25) is 13.9 Å². The fourth-order valence-corrected chi connectivity index (χ4v) is 6.63. The van der Waals surface area contributed by atoms with Crippen molar-refractivity contribution in [2.24, 2.45) is 0 Å². The van der Waals surface area contributed by atoms with Gasteiger partial charge in [0.1, 0.15) is 12.6 Å². The summed E-state index contributed by atoms with van der Waals surface area (Å²) in [6.45, 7) is 5.16. The third-order valence-corrected chi connectivity index (χ3v) is 9.84. The van der Waals surface area contributed by atoms with E-state index >= 15 is 0 Å². The summed E-state index contributed by atoms with van der Waals surface area (Å²) in [6, 6.07) is 19.9. The zero-order chi connectivity index (χ0) is 29.6. The Kier molecular flexibility index (Phi) is 10.1. The minimum atomic E-state index is -4.13. The molecule has 1 atom stereocenters. The Morgan fingerprint density at radius 3 is 2.24 bits per heavy atom. The molecule has 1 N–H and O–H groups in total. The van der Waals surface area contributed by atoms with Crippen LogP contribution in [0.2, 0.25) is 5.02 Å². The first-order valence-electron chi connectivity index (χ1n) is 14.1. The average Bonchev–Trinajstić information content (AvgIpc) is 2.97. The first-order valence-corrected chi connectivity index (χ1v) is 15.9. The van der Waals surface area contributed by atoms with Crippen molar-refractivity contribution >= 4 is 39.1 Å². The van der Waals surface area contributed by atoms with Gasteiger partial charge in [-0.15, -0.1) is 0 Å². The first kappa shape index (κ1) is 30.6. The molecule has 1 saturated carbocycles. The Morgan fingerprint density at radius 2 is 1.61 bits per heavy atom. The summed E-state index contributed by atoms with van der Waals surface area (Å²) in [5, 5.41) is 3.51. The maximum atomic E-state index is 14.1. The van der Waals surface area contributed by atoms with Crippen LogP contribution in [0, 0.1) is 13.8 Å². The lowest BCUT2D eigenvalue weighted by Gasteiger charge is -2.33. The molecular weight excluding hydrogens is 558 g/mol. The van der Waals surface area contributed by atoms with Crippen LogP contribution in [0.25, 0.3) is 0 Å². The van der Waals surface area contributed by atoms with Gasteiger partial charge in [0, 0.05) is 17.6 Å². The normalized spacial score (nSPS) is 14.7. The maximum absolute atomic E-state index is 14.1. The van der Waals surface area contributed by atoms with Gasteiger partial charge < -0.3 is 10.2 Å². The number of rotatable bonds is 10. The fourth-order valence-electron chi connectivity index (χ4n) is 5.03. The molecule has 1 aliphatic rings. The van der Waals surface area contributed by atoms with E-state index in [1.54, 1.807) is 43.3 Å². The number of carbonyl (C=O) groups is 2. The largest absolute Gasteiger partial charge is 0.352 e. The van der Waals surface area contributed by atoms with E-state index in [9.17, 15) is 18.0 Å². The number of carbonyl (C=O) groups excluding carboxylic acids is 2. The number of anilines is 1. The lowest BCUT2D eigenvalue weighted by atomic mass is 9.95. The second-order valence-corrected chi connectivity index (χ2v) is 13.1. The zero-order valence-corrected chi connectivity index (χ0v) is 25.4. The van der Waals surface area contributed by atoms with Crippen molar-refractivity contribution in [2.45, 2.75) is 76.4 Å². The molecule has 9 heteroatoms. The highest BCUT2D eigenvalue weighted by Crippen LogP contribution is 2.28. The Hall–Kier alpha value is -3.36. The van der Waals surface area contributed by atoms with Crippen LogP contribution in [0.3, 0.4) is 0 Å². The second-order valence-electron chi connectivity index (χ2n) is 10.8. The maximum Gasteiger partial charge on any atom is 0.264 e. The van der Waals surface area contributed by atoms with Gasteiger partial charge in [-0.05, 0) is 69.0 Å². The van der Waals surface area contributed by atoms with E-state index in [0.29, 0.717) is 5.02 Å². The van der Waals surface area contributed by atoms with Crippen molar-refractivity contribution in [2.75, 3.05) is 10.8 Å². The summed E-state index contributed by atoms with van der Waals surface area (Å²) >= 11 is 6.39. The number of halogens is 1. The molecule has 0 spiro atoms. The molecule has 0 radical (unpaired) electrons. The van der Waals surface area contributed by atoms with Crippen LogP contribution in [-0.2, 0) is 26.2 Å². The van der Waals surface area contributed by atoms with Gasteiger partial charge in [0.25, 0.3) is 10.0 Å². The molecule has 2 amide bonds. The van der Waals surface area contributed by atoms with Gasteiger partial charge in [-0.2, -0.15) is 0 Å². The molecule has 0 aromatic heterocycles. The van der Waals surface area contributed by atoms with Crippen molar-refractivity contribution in [1.82, 2.24) is 10.2 Å². The first-order chi connectivity index (χ1) is 19.6. The highest BCUT2D eigenvalue weighted by molar-refractivity contribution is 7.92. The molecule has 7 nitrogen and oxygen atoms in total. The molecule has 1 aliphatic carbocycles. The standard InChI is InChI=1S/C32H38ClN3O4S/c1-23-14-17-26(18-15-23)21-35(25(3)32(38)34-27-10-6-4-7-11-27)31(37)22-36(28-19-16-24(2)30(33)20-28)41(39,40)29-12-8-5-9-13-29/h5,8-9,12-20,25,27H,4,6-7,10-11,21-22H2,1-3H3,(H,34,38)/t25-/m1/s1. The van der Waals surface area contributed by atoms with Crippen LogP contribution < -0.4 is 9.62 Å². The molecule has 3 aromatic rings. The zero-order valence-electron chi connectivity index (χ0n) is 23.8. The van der Waals surface area contributed by atoms with Crippen LogP contribution in [-0.4, -0.2) is 43.8 Å². The van der Waals surface area contributed by atoms with Gasteiger partial charge >= 0.3 is 0 Å². The Bertz CT molecular complexity index is 1460. The molecule has 0 unspecified atom stereocenters. The lowest BCUT2D eigenvalue weighted by molar-refractivity contribution is -0.139. The van der Waals surface area contributed by atoms with Crippen LogP contribution in [0.5, 0.6) is 0 Å².